The first-order valence-electron chi connectivity index (χ1n) is 6.09. The number of carbonyl (C=O) groups excluding carboxylic acids is 1. The SMILES string of the molecule is CC(CCN(C)C(=O)N(C)CCC(C)OP)OP. The minimum Gasteiger partial charge on any atom is -0.363 e. The van der Waals surface area contributed by atoms with Gasteiger partial charge in [-0.1, -0.05) is 0 Å². The lowest BCUT2D eigenvalue weighted by atomic mass is 10.2. The summed E-state index contributed by atoms with van der Waals surface area (Å²) in [6.07, 6.45) is 1.93. The number of urea groups is 1. The van der Waals surface area contributed by atoms with Gasteiger partial charge in [0.15, 0.2) is 0 Å². The Kier molecular flexibility index (Phi) is 9.94. The number of nitrogens with zero attached hydrogens (tertiary/aromatic N) is 2. The second-order valence-corrected chi connectivity index (χ2v) is 5.14. The van der Waals surface area contributed by atoms with Gasteiger partial charge in [0.1, 0.15) is 0 Å². The molecule has 0 fully saturated rings. The van der Waals surface area contributed by atoms with Crippen LogP contribution in [0.5, 0.6) is 0 Å². The zero-order chi connectivity index (χ0) is 14.1. The summed E-state index contributed by atoms with van der Waals surface area (Å²) in [4.78, 5) is 15.4. The summed E-state index contributed by atoms with van der Waals surface area (Å²) in [5.74, 6) is 0. The summed E-state index contributed by atoms with van der Waals surface area (Å²) in [5.41, 5.74) is 0. The van der Waals surface area contributed by atoms with Crippen molar-refractivity contribution in [1.82, 2.24) is 9.80 Å². The van der Waals surface area contributed by atoms with Crippen LogP contribution in [-0.2, 0) is 9.05 Å². The molecule has 0 aliphatic rings. The van der Waals surface area contributed by atoms with Crippen molar-refractivity contribution < 1.29 is 13.8 Å². The zero-order valence-electron chi connectivity index (χ0n) is 11.8. The van der Waals surface area contributed by atoms with Crippen LogP contribution in [0.3, 0.4) is 0 Å². The fraction of sp³-hybridized carbons (Fsp3) is 0.909. The predicted octanol–water partition coefficient (Wildman–Crippen LogP) is 2.14. The van der Waals surface area contributed by atoms with E-state index in [-0.39, 0.29) is 18.2 Å². The third kappa shape index (κ3) is 7.48. The highest BCUT2D eigenvalue weighted by atomic mass is 31.0. The molecule has 0 N–H and O–H groups in total. The third-order valence-electron chi connectivity index (χ3n) is 2.86. The molecule has 0 bridgehead atoms. The lowest BCUT2D eigenvalue weighted by molar-refractivity contribution is 0.155. The highest BCUT2D eigenvalue weighted by Gasteiger charge is 2.15. The minimum absolute atomic E-state index is 0.0295. The van der Waals surface area contributed by atoms with Gasteiger partial charge in [-0.2, -0.15) is 0 Å². The standard InChI is InChI=1S/C11H26N2O3P2/c1-9(15-17)5-7-12(3)11(14)13(4)8-6-10(2)16-18/h9-10H,5-8,17-18H2,1-4H3. The maximum Gasteiger partial charge on any atom is 0.319 e. The van der Waals surface area contributed by atoms with Crippen LogP contribution in [0.25, 0.3) is 0 Å². The van der Waals surface area contributed by atoms with Gasteiger partial charge >= 0.3 is 6.03 Å². The van der Waals surface area contributed by atoms with Gasteiger partial charge in [0.05, 0.1) is 12.2 Å². The van der Waals surface area contributed by atoms with E-state index in [9.17, 15) is 4.79 Å². The lowest BCUT2D eigenvalue weighted by Crippen LogP contribution is -2.40. The van der Waals surface area contributed by atoms with Crippen molar-refractivity contribution in [1.29, 1.82) is 0 Å². The number of hydrogen-bond donors (Lipinski definition) is 0. The van der Waals surface area contributed by atoms with Gasteiger partial charge in [0, 0.05) is 46.1 Å². The van der Waals surface area contributed by atoms with E-state index in [0.717, 1.165) is 12.8 Å². The summed E-state index contributed by atoms with van der Waals surface area (Å²) in [7, 11) is 8.11. The van der Waals surface area contributed by atoms with E-state index >= 15 is 0 Å². The highest BCUT2D eigenvalue weighted by Crippen LogP contribution is 2.06. The Morgan fingerprint density at radius 1 is 1.00 bits per heavy atom. The molecule has 0 saturated carbocycles. The quantitative estimate of drug-likeness (QED) is 0.644. The molecule has 0 aliphatic carbocycles. The molecule has 0 saturated heterocycles. The smallest absolute Gasteiger partial charge is 0.319 e. The van der Waals surface area contributed by atoms with Gasteiger partial charge in [0.2, 0.25) is 0 Å². The zero-order valence-corrected chi connectivity index (χ0v) is 14.1. The first-order valence-corrected chi connectivity index (χ1v) is 7.04. The van der Waals surface area contributed by atoms with Crippen molar-refractivity contribution in [3.63, 3.8) is 0 Å². The van der Waals surface area contributed by atoms with Crippen LogP contribution in [0, 0.1) is 0 Å². The fourth-order valence-electron chi connectivity index (χ4n) is 1.37. The van der Waals surface area contributed by atoms with Crippen LogP contribution in [0.2, 0.25) is 0 Å². The van der Waals surface area contributed by atoms with Gasteiger partial charge in [-0.25, -0.2) is 4.79 Å². The Balaban J connectivity index is 3.96. The van der Waals surface area contributed by atoms with Crippen molar-refractivity contribution in [2.45, 2.75) is 38.9 Å². The Labute approximate surface area is 115 Å². The Bertz CT molecular complexity index is 222. The largest absolute Gasteiger partial charge is 0.363 e. The Hall–Kier alpha value is 0.0500. The van der Waals surface area contributed by atoms with Crippen LogP contribution in [0.4, 0.5) is 4.79 Å². The molecule has 4 atom stereocenters. The normalized spacial score (nSPS) is 14.1. The summed E-state index contributed by atoms with van der Waals surface area (Å²) in [6, 6.07) is 0.0295. The lowest BCUT2D eigenvalue weighted by Gasteiger charge is -2.26. The molecule has 0 aromatic heterocycles. The Morgan fingerprint density at radius 3 is 1.61 bits per heavy atom. The maximum absolute atomic E-state index is 12.0. The van der Waals surface area contributed by atoms with E-state index in [0.29, 0.717) is 13.1 Å². The Morgan fingerprint density at radius 2 is 1.33 bits per heavy atom. The van der Waals surface area contributed by atoms with Crippen LogP contribution in [0.15, 0.2) is 0 Å². The second-order valence-electron chi connectivity index (χ2n) is 4.60. The average Bonchev–Trinajstić information content (AvgIpc) is 2.39. The van der Waals surface area contributed by atoms with Crippen molar-refractivity contribution >= 4 is 25.0 Å². The number of hydrogen-bond acceptors (Lipinski definition) is 3. The molecule has 2 amide bonds. The molecule has 0 aromatic carbocycles. The van der Waals surface area contributed by atoms with Gasteiger partial charge in [-0.3, -0.25) is 0 Å². The number of carbonyl (C=O) groups is 1. The molecule has 0 heterocycles. The molecule has 18 heavy (non-hydrogen) atoms. The molecular weight excluding hydrogens is 270 g/mol. The molecule has 108 valence electrons. The summed E-state index contributed by atoms with van der Waals surface area (Å²) >= 11 is 0. The van der Waals surface area contributed by atoms with E-state index in [1.165, 1.54) is 0 Å². The van der Waals surface area contributed by atoms with E-state index in [2.05, 4.69) is 18.9 Å². The van der Waals surface area contributed by atoms with E-state index in [1.807, 2.05) is 27.9 Å². The monoisotopic (exact) mass is 296 g/mol. The summed E-state index contributed by atoms with van der Waals surface area (Å²) < 4.78 is 10.2. The van der Waals surface area contributed by atoms with Gasteiger partial charge in [-0.05, 0) is 26.7 Å². The van der Waals surface area contributed by atoms with Gasteiger partial charge in [-0.15, -0.1) is 0 Å². The molecule has 7 heteroatoms. The third-order valence-corrected chi connectivity index (χ3v) is 3.79. The van der Waals surface area contributed by atoms with Gasteiger partial charge < -0.3 is 18.8 Å². The van der Waals surface area contributed by atoms with Crippen LogP contribution in [-0.4, -0.2) is 55.2 Å². The second kappa shape index (κ2) is 9.91. The van der Waals surface area contributed by atoms with Gasteiger partial charge in [0.25, 0.3) is 0 Å². The molecule has 0 rings (SSSR count). The molecule has 0 aliphatic heterocycles. The van der Waals surface area contributed by atoms with E-state index in [4.69, 9.17) is 9.05 Å². The predicted molar refractivity (Wildman–Crippen MR) is 80.4 cm³/mol. The van der Waals surface area contributed by atoms with Crippen LogP contribution in [0.1, 0.15) is 26.7 Å². The van der Waals surface area contributed by atoms with Crippen LogP contribution < -0.4 is 0 Å². The fourth-order valence-corrected chi connectivity index (χ4v) is 1.64. The van der Waals surface area contributed by atoms with Crippen molar-refractivity contribution in [2.75, 3.05) is 27.2 Å². The molecule has 0 radical (unpaired) electrons. The average molecular weight is 296 g/mol. The molecule has 4 unspecified atom stereocenters. The summed E-state index contributed by atoms with van der Waals surface area (Å²) in [5, 5.41) is 0. The van der Waals surface area contributed by atoms with Crippen LogP contribution >= 0.6 is 18.9 Å². The van der Waals surface area contributed by atoms with E-state index < -0.39 is 0 Å². The number of amides is 2. The van der Waals surface area contributed by atoms with E-state index in [1.54, 1.807) is 9.80 Å². The highest BCUT2D eigenvalue weighted by molar-refractivity contribution is 7.10. The first-order chi connectivity index (χ1) is 8.42. The van der Waals surface area contributed by atoms with Crippen molar-refractivity contribution in [2.24, 2.45) is 0 Å². The molecular formula is C11H26N2O3P2. The van der Waals surface area contributed by atoms with Crippen molar-refractivity contribution in [3.05, 3.63) is 0 Å². The minimum atomic E-state index is 0.0295. The molecule has 0 spiro atoms. The molecule has 5 nitrogen and oxygen atoms in total. The topological polar surface area (TPSA) is 42.0 Å². The van der Waals surface area contributed by atoms with Crippen molar-refractivity contribution in [3.8, 4) is 0 Å². The molecule has 0 aromatic rings. The number of rotatable bonds is 8. The first kappa shape index (κ1) is 18.0. The summed E-state index contributed by atoms with van der Waals surface area (Å²) in [6.45, 7) is 5.34. The maximum atomic E-state index is 12.0.